The lowest BCUT2D eigenvalue weighted by Gasteiger charge is -2.45. The van der Waals surface area contributed by atoms with E-state index >= 15 is 0 Å². The first-order valence-corrected chi connectivity index (χ1v) is 18.5. The summed E-state index contributed by atoms with van der Waals surface area (Å²) in [5.41, 5.74) is 1.45. The monoisotopic (exact) mass is 754 g/mol. The molecule has 3 aliphatic rings. The first kappa shape index (κ1) is 36.9. The molecule has 2 aromatic carbocycles. The number of rotatable bonds is 14. The zero-order valence-electron chi connectivity index (χ0n) is 28.7. The molecule has 0 amide bonds. The van der Waals surface area contributed by atoms with Gasteiger partial charge in [0.2, 0.25) is 12.4 Å². The smallest absolute Gasteiger partial charge is 0.346 e. The number of hydrogen-bond donors (Lipinski definition) is 3. The van der Waals surface area contributed by atoms with Gasteiger partial charge in [-0.15, -0.1) is 11.3 Å². The first-order valence-electron chi connectivity index (χ1n) is 17.0. The Hall–Kier alpha value is -3.87. The van der Waals surface area contributed by atoms with E-state index in [4.69, 9.17) is 37.4 Å². The number of halogens is 2. The van der Waals surface area contributed by atoms with Crippen LogP contribution in [0.15, 0.2) is 67.0 Å². The van der Waals surface area contributed by atoms with E-state index in [0.717, 1.165) is 64.5 Å². The highest BCUT2D eigenvalue weighted by molar-refractivity contribution is 7.14. The van der Waals surface area contributed by atoms with E-state index in [1.165, 1.54) is 19.5 Å². The normalized spacial score (nSPS) is 20.0. The van der Waals surface area contributed by atoms with Crippen LogP contribution in [0.25, 0.3) is 0 Å². The predicted octanol–water partition coefficient (Wildman–Crippen LogP) is 6.70. The molecule has 13 heteroatoms. The van der Waals surface area contributed by atoms with Crippen molar-refractivity contribution in [2.45, 2.75) is 56.7 Å². The number of methoxy groups -OCH3 is 2. The SMILES string of the molecule is CCC(NCc1cc([C@@H](Cc2c(Cl)c[n+](O)cc2Cl)c2ccc(OC)c(OC)c2)c(C(=O)O)s1)(C(=O)O[C@H]1CN2CCC1CC2)c1ccccc1. The van der Waals surface area contributed by atoms with Gasteiger partial charge < -0.3 is 19.3 Å². The molecule has 0 saturated carbocycles. The van der Waals surface area contributed by atoms with Crippen LogP contribution < -0.4 is 19.5 Å². The summed E-state index contributed by atoms with van der Waals surface area (Å²) in [5.74, 6) is -0.612. The Morgan fingerprint density at radius 3 is 2.31 bits per heavy atom. The molecule has 0 radical (unpaired) electrons. The predicted molar refractivity (Wildman–Crippen MR) is 195 cm³/mol. The van der Waals surface area contributed by atoms with Gasteiger partial charge >= 0.3 is 11.9 Å². The maximum Gasteiger partial charge on any atom is 0.346 e. The first-order chi connectivity index (χ1) is 24.6. The van der Waals surface area contributed by atoms with Gasteiger partial charge in [-0.25, -0.2) is 9.59 Å². The Morgan fingerprint density at radius 1 is 1.04 bits per heavy atom. The number of carboxylic acids is 1. The van der Waals surface area contributed by atoms with Gasteiger partial charge in [0.1, 0.15) is 26.6 Å². The molecule has 3 atom stereocenters. The van der Waals surface area contributed by atoms with E-state index in [2.05, 4.69) is 10.2 Å². The van der Waals surface area contributed by atoms with Crippen molar-refractivity contribution >= 4 is 46.5 Å². The molecule has 3 fully saturated rings. The fourth-order valence-electron chi connectivity index (χ4n) is 7.40. The number of hydrogen-bond acceptors (Lipinski definition) is 9. The number of aromatic nitrogens is 1. The summed E-state index contributed by atoms with van der Waals surface area (Å²) in [7, 11) is 3.08. The third-order valence-corrected chi connectivity index (χ3v) is 12.0. The Kier molecular flexibility index (Phi) is 11.4. The molecule has 4 aromatic rings. The fraction of sp³-hybridized carbons (Fsp3) is 0.395. The lowest BCUT2D eigenvalue weighted by atomic mass is 9.84. The van der Waals surface area contributed by atoms with Gasteiger partial charge in [-0.3, -0.25) is 15.4 Å². The number of esters is 1. The van der Waals surface area contributed by atoms with Crippen molar-refractivity contribution in [3.8, 4) is 11.5 Å². The number of ether oxygens (including phenoxy) is 3. The summed E-state index contributed by atoms with van der Waals surface area (Å²) in [6.07, 6.45) is 5.18. The number of piperidine rings is 3. The minimum Gasteiger partial charge on any atom is -0.493 e. The topological polar surface area (TPSA) is 121 Å². The van der Waals surface area contributed by atoms with E-state index in [9.17, 15) is 19.9 Å². The van der Waals surface area contributed by atoms with Crippen molar-refractivity contribution in [1.82, 2.24) is 10.2 Å². The minimum atomic E-state index is -1.16. The number of nitrogens with one attached hydrogen (secondary N) is 1. The third-order valence-electron chi connectivity index (χ3n) is 10.2. The number of pyridine rings is 1. The van der Waals surface area contributed by atoms with Crippen LogP contribution in [0.2, 0.25) is 10.0 Å². The Bertz CT molecular complexity index is 1860. The number of thiophene rings is 1. The van der Waals surface area contributed by atoms with Crippen molar-refractivity contribution in [3.63, 3.8) is 0 Å². The molecule has 0 spiro atoms. The zero-order valence-corrected chi connectivity index (χ0v) is 31.1. The van der Waals surface area contributed by atoms with Crippen LogP contribution in [0.3, 0.4) is 0 Å². The van der Waals surface area contributed by atoms with E-state index in [1.54, 1.807) is 13.2 Å². The van der Waals surface area contributed by atoms with Crippen LogP contribution >= 0.6 is 34.5 Å². The van der Waals surface area contributed by atoms with Crippen LogP contribution in [-0.4, -0.2) is 67.1 Å². The van der Waals surface area contributed by atoms with Gasteiger partial charge in [0, 0.05) is 34.2 Å². The van der Waals surface area contributed by atoms with Crippen LogP contribution in [-0.2, 0) is 28.0 Å². The second kappa shape index (κ2) is 15.8. The summed E-state index contributed by atoms with van der Waals surface area (Å²) in [4.78, 5) is 30.4. The molecule has 5 heterocycles. The number of carbonyl (C=O) groups excluding carboxylic acids is 1. The molecule has 3 N–H and O–H groups in total. The van der Waals surface area contributed by atoms with E-state index in [-0.39, 0.29) is 40.0 Å². The van der Waals surface area contributed by atoms with E-state index in [0.29, 0.717) is 35.0 Å². The summed E-state index contributed by atoms with van der Waals surface area (Å²) in [5, 5.41) is 24.5. The lowest BCUT2D eigenvalue weighted by Crippen LogP contribution is -2.56. The third kappa shape index (κ3) is 7.68. The summed E-state index contributed by atoms with van der Waals surface area (Å²) in [6, 6.07) is 16.9. The average Bonchev–Trinajstić information content (AvgIpc) is 3.57. The molecule has 2 aromatic heterocycles. The number of benzene rings is 2. The number of carbonyl (C=O) groups is 2. The van der Waals surface area contributed by atoms with Crippen LogP contribution in [0.1, 0.15) is 68.9 Å². The van der Waals surface area contributed by atoms with Crippen molar-refractivity contribution in [1.29, 1.82) is 0 Å². The molecule has 7 rings (SSSR count). The molecule has 270 valence electrons. The highest BCUT2D eigenvalue weighted by atomic mass is 35.5. The van der Waals surface area contributed by atoms with Crippen LogP contribution in [0.4, 0.5) is 0 Å². The van der Waals surface area contributed by atoms with Crippen LogP contribution in [0.5, 0.6) is 11.5 Å². The summed E-state index contributed by atoms with van der Waals surface area (Å²) >= 11 is 14.3. The maximum atomic E-state index is 14.3. The van der Waals surface area contributed by atoms with Crippen molar-refractivity contribution in [3.05, 3.63) is 109 Å². The highest BCUT2D eigenvalue weighted by Crippen LogP contribution is 2.41. The van der Waals surface area contributed by atoms with Gasteiger partial charge in [0.05, 0.1) is 14.2 Å². The quantitative estimate of drug-likeness (QED) is 0.0734. The standard InChI is InChI=1S/C38H41Cl2N3O7S/c1-4-38(25-8-6-5-7-9-25,37(46)50-34-22-42-14-12-23(34)13-15-42)41-19-26-17-28(35(51-26)36(44)45)27(18-29-30(39)20-43(47)21-31(29)40)24-10-11-32(48-2)33(16-24)49-3/h5-11,16-17,20-21,23,27,34,41H,4,12-15,18-19,22H2,1-3H3,(H-,44,45,47)/p+1/t27-,34-,38?/m0/s1. The molecule has 1 unspecified atom stereocenters. The largest absolute Gasteiger partial charge is 0.493 e. The van der Waals surface area contributed by atoms with Crippen molar-refractivity contribution in [2.75, 3.05) is 33.9 Å². The van der Waals surface area contributed by atoms with E-state index in [1.807, 2.05) is 55.5 Å². The molecule has 0 aliphatic carbocycles. The Morgan fingerprint density at radius 2 is 1.73 bits per heavy atom. The Labute approximate surface area is 311 Å². The summed E-state index contributed by atoms with van der Waals surface area (Å²) < 4.78 is 18.2. The summed E-state index contributed by atoms with van der Waals surface area (Å²) in [6.45, 7) is 4.98. The van der Waals surface area contributed by atoms with Crippen LogP contribution in [0, 0.1) is 5.92 Å². The molecular weight excluding hydrogens is 713 g/mol. The van der Waals surface area contributed by atoms with Crippen molar-refractivity contribution in [2.24, 2.45) is 5.92 Å². The molecular formula is C38H42Cl2N3O7S+. The second-order valence-electron chi connectivity index (χ2n) is 13.0. The second-order valence-corrected chi connectivity index (χ2v) is 15.0. The fourth-order valence-corrected chi connectivity index (χ4v) is 9.00. The molecule has 2 bridgehead atoms. The molecule has 51 heavy (non-hydrogen) atoms. The van der Waals surface area contributed by atoms with Gasteiger partial charge in [-0.05, 0) is 79.6 Å². The minimum absolute atomic E-state index is 0.142. The van der Waals surface area contributed by atoms with Gasteiger partial charge in [-0.1, -0.05) is 66.5 Å². The highest BCUT2D eigenvalue weighted by Gasteiger charge is 2.44. The zero-order chi connectivity index (χ0) is 36.3. The number of fused-ring (bicyclic) bond motifs is 3. The number of nitrogens with zero attached hydrogens (tertiary/aromatic N) is 2. The average molecular weight is 756 g/mol. The van der Waals surface area contributed by atoms with Gasteiger partial charge in [-0.2, -0.15) is 0 Å². The number of aromatic carboxylic acids is 1. The molecule has 3 aliphatic heterocycles. The van der Waals surface area contributed by atoms with Gasteiger partial charge in [0.25, 0.3) is 0 Å². The molecule has 3 saturated heterocycles. The maximum absolute atomic E-state index is 14.3. The van der Waals surface area contributed by atoms with E-state index < -0.39 is 17.4 Å². The Balaban J connectivity index is 1.37. The van der Waals surface area contributed by atoms with Gasteiger partial charge in [0.15, 0.2) is 11.5 Å². The number of carboxylic acid groups (broad SMARTS) is 1. The molecule has 10 nitrogen and oxygen atoms in total. The lowest BCUT2D eigenvalue weighted by molar-refractivity contribution is -0.904. The van der Waals surface area contributed by atoms with Crippen molar-refractivity contribution < 1.29 is 38.8 Å².